The molecule has 0 atom stereocenters. The van der Waals surface area contributed by atoms with Crippen molar-refractivity contribution in [3.05, 3.63) is 33.4 Å². The lowest BCUT2D eigenvalue weighted by molar-refractivity contribution is -0.120. The molecule has 1 N–H and O–H groups in total. The van der Waals surface area contributed by atoms with E-state index in [0.717, 1.165) is 23.1 Å². The van der Waals surface area contributed by atoms with Gasteiger partial charge in [-0.05, 0) is 28.1 Å². The number of carbonyl (C=O) groups excluding carboxylic acids is 2. The van der Waals surface area contributed by atoms with Gasteiger partial charge in [0, 0.05) is 6.08 Å². The molecule has 92 valence electrons. The van der Waals surface area contributed by atoms with Gasteiger partial charge in [0.2, 0.25) is 0 Å². The van der Waals surface area contributed by atoms with Gasteiger partial charge in [-0.25, -0.2) is 14.7 Å². The number of nitrogens with zero attached hydrogens (tertiary/aromatic N) is 2. The normalized spacial score (nSPS) is 15.0. The van der Waals surface area contributed by atoms with Crippen molar-refractivity contribution in [3.63, 3.8) is 0 Å². The Kier molecular flexibility index (Phi) is 3.18. The Morgan fingerprint density at radius 2 is 2.06 bits per heavy atom. The molecule has 0 saturated heterocycles. The van der Waals surface area contributed by atoms with Crippen LogP contribution in [0.3, 0.4) is 0 Å². The standard InChI is InChI=1S/C10H4BrClN2O4/c11-5-3-8(15)14(9(5)16)7-2-4(10(17)18)1-6(12)13-7/h1-3H,(H,17,18). The number of aromatic nitrogens is 1. The lowest BCUT2D eigenvalue weighted by Crippen LogP contribution is -2.31. The fourth-order valence-electron chi connectivity index (χ4n) is 1.38. The number of anilines is 1. The molecule has 0 radical (unpaired) electrons. The van der Waals surface area contributed by atoms with Crippen molar-refractivity contribution in [2.45, 2.75) is 0 Å². The van der Waals surface area contributed by atoms with Crippen LogP contribution in [0.2, 0.25) is 5.15 Å². The predicted octanol–water partition coefficient (Wildman–Crippen LogP) is 1.59. The summed E-state index contributed by atoms with van der Waals surface area (Å²) in [6.07, 6.45) is 1.07. The Morgan fingerprint density at radius 1 is 1.39 bits per heavy atom. The van der Waals surface area contributed by atoms with E-state index in [4.69, 9.17) is 16.7 Å². The number of aromatic carboxylic acids is 1. The van der Waals surface area contributed by atoms with Crippen LogP contribution in [0.5, 0.6) is 0 Å². The third-order valence-electron chi connectivity index (χ3n) is 2.13. The number of amides is 2. The van der Waals surface area contributed by atoms with Crippen molar-refractivity contribution >= 4 is 51.1 Å². The van der Waals surface area contributed by atoms with Gasteiger partial charge >= 0.3 is 5.97 Å². The molecule has 1 aliphatic heterocycles. The second kappa shape index (κ2) is 4.51. The summed E-state index contributed by atoms with van der Waals surface area (Å²) in [6, 6.07) is 2.23. The quantitative estimate of drug-likeness (QED) is 0.657. The van der Waals surface area contributed by atoms with Crippen LogP contribution in [0.25, 0.3) is 0 Å². The first-order valence-electron chi connectivity index (χ1n) is 4.56. The maximum absolute atomic E-state index is 11.7. The topological polar surface area (TPSA) is 87.6 Å². The molecule has 2 rings (SSSR count). The van der Waals surface area contributed by atoms with E-state index < -0.39 is 17.8 Å². The molecule has 0 spiro atoms. The van der Waals surface area contributed by atoms with E-state index in [0.29, 0.717) is 0 Å². The molecular weight excluding hydrogens is 327 g/mol. The van der Waals surface area contributed by atoms with Crippen molar-refractivity contribution in [2.24, 2.45) is 0 Å². The second-order valence-electron chi connectivity index (χ2n) is 3.31. The number of carbonyl (C=O) groups is 3. The minimum atomic E-state index is -1.23. The predicted molar refractivity (Wildman–Crippen MR) is 65.7 cm³/mol. The van der Waals surface area contributed by atoms with Crippen molar-refractivity contribution in [1.29, 1.82) is 0 Å². The van der Waals surface area contributed by atoms with Crippen LogP contribution in [0, 0.1) is 0 Å². The Hall–Kier alpha value is -1.73. The largest absolute Gasteiger partial charge is 0.478 e. The van der Waals surface area contributed by atoms with Gasteiger partial charge in [0.05, 0.1) is 10.0 Å². The monoisotopic (exact) mass is 330 g/mol. The first-order valence-corrected chi connectivity index (χ1v) is 5.73. The Labute approximate surface area is 114 Å². The molecule has 8 heteroatoms. The summed E-state index contributed by atoms with van der Waals surface area (Å²) >= 11 is 8.57. The van der Waals surface area contributed by atoms with Crippen LogP contribution in [0.1, 0.15) is 10.4 Å². The van der Waals surface area contributed by atoms with Gasteiger partial charge in [0.25, 0.3) is 11.8 Å². The fourth-order valence-corrected chi connectivity index (χ4v) is 1.96. The highest BCUT2D eigenvalue weighted by atomic mass is 79.9. The number of hydrogen-bond donors (Lipinski definition) is 1. The highest BCUT2D eigenvalue weighted by Crippen LogP contribution is 2.26. The summed E-state index contributed by atoms with van der Waals surface area (Å²) in [7, 11) is 0. The molecule has 2 amide bonds. The summed E-state index contributed by atoms with van der Waals surface area (Å²) in [4.78, 5) is 38.6. The Morgan fingerprint density at radius 3 is 2.56 bits per heavy atom. The number of hydrogen-bond acceptors (Lipinski definition) is 4. The average molecular weight is 332 g/mol. The molecule has 1 aromatic heterocycles. The zero-order chi connectivity index (χ0) is 13.4. The smallest absolute Gasteiger partial charge is 0.335 e. The van der Waals surface area contributed by atoms with Crippen LogP contribution >= 0.6 is 27.5 Å². The van der Waals surface area contributed by atoms with E-state index in [1.807, 2.05) is 0 Å². The van der Waals surface area contributed by atoms with Crippen LogP contribution in [0.15, 0.2) is 22.7 Å². The molecule has 2 heterocycles. The molecule has 18 heavy (non-hydrogen) atoms. The maximum atomic E-state index is 11.7. The Balaban J connectivity index is 2.50. The van der Waals surface area contributed by atoms with E-state index >= 15 is 0 Å². The molecule has 0 saturated carbocycles. The zero-order valence-corrected chi connectivity index (χ0v) is 10.9. The number of carboxylic acid groups (broad SMARTS) is 1. The fraction of sp³-hybridized carbons (Fsp3) is 0. The first-order chi connectivity index (χ1) is 8.40. The van der Waals surface area contributed by atoms with Gasteiger partial charge in [-0.15, -0.1) is 0 Å². The van der Waals surface area contributed by atoms with Crippen molar-refractivity contribution < 1.29 is 19.5 Å². The van der Waals surface area contributed by atoms with E-state index in [-0.39, 0.29) is 21.0 Å². The van der Waals surface area contributed by atoms with E-state index in [1.54, 1.807) is 0 Å². The minimum Gasteiger partial charge on any atom is -0.478 e. The summed E-state index contributed by atoms with van der Waals surface area (Å²) in [6.45, 7) is 0. The van der Waals surface area contributed by atoms with Crippen molar-refractivity contribution in [2.75, 3.05) is 4.90 Å². The van der Waals surface area contributed by atoms with Crippen molar-refractivity contribution in [1.82, 2.24) is 4.98 Å². The third-order valence-corrected chi connectivity index (χ3v) is 2.90. The summed E-state index contributed by atoms with van der Waals surface area (Å²) in [5.74, 6) is -2.59. The van der Waals surface area contributed by atoms with Gasteiger partial charge in [0.15, 0.2) is 0 Å². The zero-order valence-electron chi connectivity index (χ0n) is 8.55. The third kappa shape index (κ3) is 2.14. The molecule has 0 aromatic carbocycles. The Bertz CT molecular complexity index is 614. The highest BCUT2D eigenvalue weighted by Gasteiger charge is 2.32. The lowest BCUT2D eigenvalue weighted by atomic mass is 10.2. The SMILES string of the molecule is O=C(O)c1cc(Cl)nc(N2C(=O)C=C(Br)C2=O)c1. The van der Waals surface area contributed by atoms with Gasteiger partial charge in [0.1, 0.15) is 11.0 Å². The number of carboxylic acids is 1. The molecule has 6 nitrogen and oxygen atoms in total. The molecular formula is C10H4BrClN2O4. The molecule has 0 aliphatic carbocycles. The first kappa shape index (κ1) is 12.7. The number of imide groups is 1. The highest BCUT2D eigenvalue weighted by molar-refractivity contribution is 9.12. The van der Waals surface area contributed by atoms with Gasteiger partial charge < -0.3 is 5.11 Å². The molecule has 1 aliphatic rings. The van der Waals surface area contributed by atoms with Gasteiger partial charge in [-0.1, -0.05) is 11.6 Å². The van der Waals surface area contributed by atoms with Crippen LogP contribution in [-0.4, -0.2) is 27.9 Å². The molecule has 0 fully saturated rings. The summed E-state index contributed by atoms with van der Waals surface area (Å²) in [5.41, 5.74) is -0.159. The minimum absolute atomic E-state index is 0.0751. The maximum Gasteiger partial charge on any atom is 0.335 e. The second-order valence-corrected chi connectivity index (χ2v) is 4.55. The van der Waals surface area contributed by atoms with Gasteiger partial charge in [-0.2, -0.15) is 0 Å². The van der Waals surface area contributed by atoms with E-state index in [2.05, 4.69) is 20.9 Å². The van der Waals surface area contributed by atoms with Crippen LogP contribution in [0.4, 0.5) is 5.82 Å². The number of halogens is 2. The number of pyridine rings is 1. The molecule has 0 bridgehead atoms. The summed E-state index contributed by atoms with van der Waals surface area (Å²) in [5, 5.41) is 8.75. The van der Waals surface area contributed by atoms with E-state index in [9.17, 15) is 14.4 Å². The summed E-state index contributed by atoms with van der Waals surface area (Å²) < 4.78 is 0.0751. The van der Waals surface area contributed by atoms with Crippen LogP contribution < -0.4 is 4.90 Å². The van der Waals surface area contributed by atoms with E-state index in [1.165, 1.54) is 0 Å². The average Bonchev–Trinajstić information content (AvgIpc) is 2.52. The van der Waals surface area contributed by atoms with Crippen LogP contribution in [-0.2, 0) is 9.59 Å². The van der Waals surface area contributed by atoms with Gasteiger partial charge in [-0.3, -0.25) is 9.59 Å². The molecule has 1 aromatic rings. The molecule has 0 unspecified atom stereocenters. The van der Waals surface area contributed by atoms with Crippen molar-refractivity contribution in [3.8, 4) is 0 Å². The number of rotatable bonds is 2. The lowest BCUT2D eigenvalue weighted by Gasteiger charge is -2.13.